The number of benzene rings is 3. The molecule has 1 atom stereocenters. The van der Waals surface area contributed by atoms with Gasteiger partial charge in [-0.15, -0.1) is 10.2 Å². The zero-order valence-corrected chi connectivity index (χ0v) is 24.2. The van der Waals surface area contributed by atoms with Gasteiger partial charge in [0.05, 0.1) is 24.1 Å². The number of hydrazone groups is 1. The molecule has 40 heavy (non-hydrogen) atoms. The molecule has 0 aliphatic carbocycles. The Hall–Kier alpha value is -3.83. The number of nitrogens with zero attached hydrogens (tertiary/aromatic N) is 5. The summed E-state index contributed by atoms with van der Waals surface area (Å²) in [4.78, 5) is 25.9. The molecule has 1 aromatic heterocycles. The molecule has 11 heteroatoms. The monoisotopic (exact) mass is 620 g/mol. The van der Waals surface area contributed by atoms with Crippen LogP contribution < -0.4 is 5.32 Å². The molecule has 2 amide bonds. The van der Waals surface area contributed by atoms with Crippen molar-refractivity contribution in [3.8, 4) is 0 Å². The van der Waals surface area contributed by atoms with Crippen molar-refractivity contribution in [2.45, 2.75) is 31.1 Å². The molecule has 4 aromatic rings. The van der Waals surface area contributed by atoms with Crippen molar-refractivity contribution in [2.75, 3.05) is 5.75 Å². The van der Waals surface area contributed by atoms with Crippen molar-refractivity contribution in [1.82, 2.24) is 25.1 Å². The van der Waals surface area contributed by atoms with Crippen molar-refractivity contribution in [2.24, 2.45) is 12.1 Å². The predicted octanol–water partition coefficient (Wildman–Crippen LogP) is 5.43. The number of rotatable bonds is 8. The highest BCUT2D eigenvalue weighted by Crippen LogP contribution is 2.34. The van der Waals surface area contributed by atoms with Crippen molar-refractivity contribution in [3.63, 3.8) is 0 Å². The third kappa shape index (κ3) is 6.31. The van der Waals surface area contributed by atoms with E-state index in [0.29, 0.717) is 23.0 Å². The number of amides is 2. The van der Waals surface area contributed by atoms with Crippen LogP contribution in [0.5, 0.6) is 0 Å². The fourth-order valence-corrected chi connectivity index (χ4v) is 5.41. The average Bonchev–Trinajstić information content (AvgIpc) is 3.55. The Bertz CT molecular complexity index is 1570. The normalized spacial score (nSPS) is 14.8. The molecule has 5 rings (SSSR count). The second-order valence-electron chi connectivity index (χ2n) is 9.36. The number of thioether (sulfide) groups is 1. The zero-order valence-electron chi connectivity index (χ0n) is 21.8. The lowest BCUT2D eigenvalue weighted by Crippen LogP contribution is -2.28. The Morgan fingerprint density at radius 3 is 2.55 bits per heavy atom. The van der Waals surface area contributed by atoms with Gasteiger partial charge in [0, 0.05) is 23.5 Å². The smallest absolute Gasteiger partial charge is 0.253 e. The summed E-state index contributed by atoms with van der Waals surface area (Å²) in [6.45, 7) is 2.13. The number of aryl methyl sites for hydroxylation is 1. The highest BCUT2D eigenvalue weighted by molar-refractivity contribution is 9.10. The molecule has 0 radical (unpaired) electrons. The first kappa shape index (κ1) is 27.7. The van der Waals surface area contributed by atoms with Crippen LogP contribution in [-0.2, 0) is 18.4 Å². The molecular formula is C29H26BrFN6O2S. The minimum absolute atomic E-state index is 0.0798. The van der Waals surface area contributed by atoms with Crippen LogP contribution in [0.25, 0.3) is 0 Å². The number of halogens is 2. The molecule has 2 heterocycles. The van der Waals surface area contributed by atoms with Gasteiger partial charge < -0.3 is 9.88 Å². The van der Waals surface area contributed by atoms with Gasteiger partial charge in [-0.3, -0.25) is 9.59 Å². The molecule has 3 aromatic carbocycles. The van der Waals surface area contributed by atoms with Gasteiger partial charge in [-0.25, -0.2) is 9.40 Å². The molecule has 0 saturated carbocycles. The summed E-state index contributed by atoms with van der Waals surface area (Å²) in [5, 5.41) is 18.0. The van der Waals surface area contributed by atoms with Crippen LogP contribution in [0.15, 0.2) is 87.5 Å². The summed E-state index contributed by atoms with van der Waals surface area (Å²) < 4.78 is 16.3. The number of hydrogen-bond donors (Lipinski definition) is 1. The standard InChI is InChI=1S/C29H26BrFN6O2S/c1-18-4-3-5-21(14-18)28(39)32-16-26-33-34-29(36(26)2)40-17-27(38)37-25(20-8-12-23(31)13-9-20)15-24(35-37)19-6-10-22(30)11-7-19/h3-14,25H,15-17H2,1-2H3,(H,32,39). The first-order valence-electron chi connectivity index (χ1n) is 12.6. The highest BCUT2D eigenvalue weighted by atomic mass is 79.9. The van der Waals surface area contributed by atoms with E-state index in [-0.39, 0.29) is 36.0 Å². The van der Waals surface area contributed by atoms with Gasteiger partial charge >= 0.3 is 0 Å². The topological polar surface area (TPSA) is 92.5 Å². The van der Waals surface area contributed by atoms with Gasteiger partial charge in [0.15, 0.2) is 11.0 Å². The minimum atomic E-state index is -0.348. The molecule has 0 bridgehead atoms. The molecule has 204 valence electrons. The average molecular weight is 622 g/mol. The number of carbonyl (C=O) groups excluding carboxylic acids is 2. The van der Waals surface area contributed by atoms with E-state index in [2.05, 4.69) is 36.5 Å². The lowest BCUT2D eigenvalue weighted by Gasteiger charge is -2.22. The van der Waals surface area contributed by atoms with Gasteiger partial charge in [0.25, 0.3) is 11.8 Å². The van der Waals surface area contributed by atoms with Crippen molar-refractivity contribution in [3.05, 3.63) is 111 Å². The van der Waals surface area contributed by atoms with Gasteiger partial charge in [-0.2, -0.15) is 5.10 Å². The first-order chi connectivity index (χ1) is 19.3. The number of nitrogens with one attached hydrogen (secondary N) is 1. The minimum Gasteiger partial charge on any atom is -0.345 e. The fourth-order valence-electron chi connectivity index (χ4n) is 4.37. The SMILES string of the molecule is Cc1cccc(C(=O)NCc2nnc(SCC(=O)N3N=C(c4ccc(Br)cc4)CC3c3ccc(F)cc3)n2C)c1. The van der Waals surface area contributed by atoms with Crippen LogP contribution >= 0.6 is 27.7 Å². The second kappa shape index (κ2) is 12.1. The Morgan fingerprint density at radius 2 is 1.82 bits per heavy atom. The molecule has 1 aliphatic heterocycles. The van der Waals surface area contributed by atoms with E-state index in [1.165, 1.54) is 28.9 Å². The zero-order chi connectivity index (χ0) is 28.2. The Labute approximate surface area is 243 Å². The third-order valence-electron chi connectivity index (χ3n) is 6.54. The molecule has 8 nitrogen and oxygen atoms in total. The van der Waals surface area contributed by atoms with Crippen molar-refractivity contribution < 1.29 is 14.0 Å². The van der Waals surface area contributed by atoms with Crippen molar-refractivity contribution in [1.29, 1.82) is 0 Å². The first-order valence-corrected chi connectivity index (χ1v) is 14.3. The number of aromatic nitrogens is 3. The molecule has 0 fully saturated rings. The highest BCUT2D eigenvalue weighted by Gasteiger charge is 2.33. The fraction of sp³-hybridized carbons (Fsp3) is 0.207. The quantitative estimate of drug-likeness (QED) is 0.265. The van der Waals surface area contributed by atoms with Crippen LogP contribution in [0.1, 0.15) is 45.3 Å². The molecule has 0 spiro atoms. The maximum Gasteiger partial charge on any atom is 0.253 e. The van der Waals surface area contributed by atoms with Gasteiger partial charge in [0.1, 0.15) is 5.82 Å². The van der Waals surface area contributed by atoms with Crippen LogP contribution in [0.3, 0.4) is 0 Å². The molecular weight excluding hydrogens is 595 g/mol. The summed E-state index contributed by atoms with van der Waals surface area (Å²) in [6, 6.07) is 20.9. The Kier molecular flexibility index (Phi) is 8.41. The largest absolute Gasteiger partial charge is 0.345 e. The number of hydrogen-bond acceptors (Lipinski definition) is 6. The van der Waals surface area contributed by atoms with E-state index in [9.17, 15) is 14.0 Å². The van der Waals surface area contributed by atoms with E-state index in [1.807, 2.05) is 49.4 Å². The van der Waals surface area contributed by atoms with E-state index >= 15 is 0 Å². The van der Waals surface area contributed by atoms with Gasteiger partial charge in [0.2, 0.25) is 0 Å². The van der Waals surface area contributed by atoms with E-state index < -0.39 is 0 Å². The Morgan fingerprint density at radius 1 is 1.07 bits per heavy atom. The second-order valence-corrected chi connectivity index (χ2v) is 11.2. The lowest BCUT2D eigenvalue weighted by molar-refractivity contribution is -0.130. The summed E-state index contributed by atoms with van der Waals surface area (Å²) in [7, 11) is 1.79. The summed E-state index contributed by atoms with van der Waals surface area (Å²) >= 11 is 4.69. The van der Waals surface area contributed by atoms with Crippen LogP contribution in [-0.4, -0.2) is 43.1 Å². The van der Waals surface area contributed by atoms with Crippen LogP contribution in [0.2, 0.25) is 0 Å². The van der Waals surface area contributed by atoms with Crippen molar-refractivity contribution >= 4 is 45.2 Å². The summed E-state index contributed by atoms with van der Waals surface area (Å²) in [6.07, 6.45) is 0.512. The molecule has 0 saturated heterocycles. The van der Waals surface area contributed by atoms with Gasteiger partial charge in [-0.05, 0) is 54.4 Å². The van der Waals surface area contributed by atoms with E-state index in [0.717, 1.165) is 26.9 Å². The lowest BCUT2D eigenvalue weighted by atomic mass is 9.98. The molecule has 1 N–H and O–H groups in total. The molecule has 1 unspecified atom stereocenters. The molecule has 1 aliphatic rings. The van der Waals surface area contributed by atoms with Crippen LogP contribution in [0.4, 0.5) is 4.39 Å². The maximum absolute atomic E-state index is 13.6. The van der Waals surface area contributed by atoms with Crippen LogP contribution in [0, 0.1) is 12.7 Å². The third-order valence-corrected chi connectivity index (χ3v) is 8.07. The van der Waals surface area contributed by atoms with E-state index in [1.54, 1.807) is 29.8 Å². The summed E-state index contributed by atoms with van der Waals surface area (Å²) in [5.41, 5.74) is 4.09. The summed E-state index contributed by atoms with van der Waals surface area (Å²) in [5.74, 6) is -0.0921. The number of carbonyl (C=O) groups is 2. The predicted molar refractivity (Wildman–Crippen MR) is 155 cm³/mol. The van der Waals surface area contributed by atoms with E-state index in [4.69, 9.17) is 0 Å². The Balaban J connectivity index is 1.27. The van der Waals surface area contributed by atoms with Gasteiger partial charge in [-0.1, -0.05) is 69.7 Å². The maximum atomic E-state index is 13.6.